The van der Waals surface area contributed by atoms with Gasteiger partial charge in [0.2, 0.25) is 5.82 Å². The number of aromatic nitrogens is 2. The van der Waals surface area contributed by atoms with E-state index in [0.29, 0.717) is 17.7 Å². The molecule has 7 nitrogen and oxygen atoms in total. The number of carbonyl (C=O) groups is 1. The summed E-state index contributed by atoms with van der Waals surface area (Å²) in [7, 11) is 1.89. The van der Waals surface area contributed by atoms with Crippen LogP contribution in [0, 0.1) is 29.1 Å². The quantitative estimate of drug-likeness (QED) is 0.108. The Labute approximate surface area is 241 Å². The Hall–Kier alpha value is -3.78. The first-order valence-corrected chi connectivity index (χ1v) is 13.7. The van der Waals surface area contributed by atoms with E-state index in [1.54, 1.807) is 18.3 Å². The maximum Gasteiger partial charge on any atom is 0.261 e. The average molecular weight is 606 g/mol. The molecular formula is C29H24F5N3O4S. The van der Waals surface area contributed by atoms with E-state index in [2.05, 4.69) is 10.3 Å². The summed E-state index contributed by atoms with van der Waals surface area (Å²) in [6.07, 6.45) is 2.66. The number of ether oxygens (including phenoxy) is 2. The summed E-state index contributed by atoms with van der Waals surface area (Å²) in [5.41, 5.74) is 0.666. The van der Waals surface area contributed by atoms with Gasteiger partial charge in [-0.2, -0.15) is 0 Å². The van der Waals surface area contributed by atoms with Gasteiger partial charge >= 0.3 is 0 Å². The number of thioether (sulfide) groups is 1. The monoisotopic (exact) mass is 605 g/mol. The van der Waals surface area contributed by atoms with Gasteiger partial charge in [0, 0.05) is 42.9 Å². The fourth-order valence-electron chi connectivity index (χ4n) is 4.40. The first-order chi connectivity index (χ1) is 20.2. The number of nitrogens with one attached hydrogen (secondary N) is 1. The van der Waals surface area contributed by atoms with Crippen molar-refractivity contribution < 1.29 is 41.3 Å². The van der Waals surface area contributed by atoms with Gasteiger partial charge in [-0.3, -0.25) is 4.79 Å². The Morgan fingerprint density at radius 1 is 0.952 bits per heavy atom. The molecule has 13 heteroatoms. The third-order valence-electron chi connectivity index (χ3n) is 6.67. The SMILES string of the molecule is Cn1ccnc1SCC1CC(c2ccc(CO)cc2)OC(c2ccc(NC(=O)c3c(F)c(F)c(F)c(F)c3F)cc2)O1. The number of aliphatic hydroxyl groups excluding tert-OH is 1. The normalized spacial score (nSPS) is 18.7. The van der Waals surface area contributed by atoms with Gasteiger partial charge in [-0.05, 0) is 23.3 Å². The fraction of sp³-hybridized carbons (Fsp3) is 0.241. The molecule has 220 valence electrons. The van der Waals surface area contributed by atoms with Crippen LogP contribution in [0.1, 0.15) is 45.9 Å². The summed E-state index contributed by atoms with van der Waals surface area (Å²) in [5.74, 6) is -12.1. The van der Waals surface area contributed by atoms with Crippen LogP contribution in [0.5, 0.6) is 0 Å². The van der Waals surface area contributed by atoms with E-state index >= 15 is 0 Å². The number of aryl methyl sites for hydroxylation is 1. The smallest absolute Gasteiger partial charge is 0.261 e. The number of halogens is 5. The van der Waals surface area contributed by atoms with Crippen LogP contribution in [0.15, 0.2) is 66.1 Å². The molecule has 3 aromatic carbocycles. The topological polar surface area (TPSA) is 85.6 Å². The minimum atomic E-state index is -2.35. The maximum absolute atomic E-state index is 14.1. The van der Waals surface area contributed by atoms with E-state index in [9.17, 15) is 31.9 Å². The third kappa shape index (κ3) is 6.19. The predicted octanol–water partition coefficient (Wildman–Crippen LogP) is 6.20. The average Bonchev–Trinajstić information content (AvgIpc) is 3.42. The van der Waals surface area contributed by atoms with Gasteiger partial charge in [-0.25, -0.2) is 26.9 Å². The molecule has 1 aliphatic rings. The predicted molar refractivity (Wildman–Crippen MR) is 143 cm³/mol. The summed E-state index contributed by atoms with van der Waals surface area (Å²) in [4.78, 5) is 16.7. The van der Waals surface area contributed by atoms with Crippen LogP contribution in [0.4, 0.5) is 27.6 Å². The lowest BCUT2D eigenvalue weighted by atomic mass is 10.0. The van der Waals surface area contributed by atoms with Crippen molar-refractivity contribution >= 4 is 23.4 Å². The van der Waals surface area contributed by atoms with Crippen molar-refractivity contribution in [3.05, 3.63) is 112 Å². The van der Waals surface area contributed by atoms with E-state index in [1.165, 1.54) is 23.9 Å². The van der Waals surface area contributed by atoms with Gasteiger partial charge < -0.3 is 24.5 Å². The number of amides is 1. The van der Waals surface area contributed by atoms with E-state index in [1.807, 2.05) is 42.1 Å². The largest absolute Gasteiger partial charge is 0.392 e. The molecule has 0 aliphatic carbocycles. The molecule has 1 aliphatic heterocycles. The second kappa shape index (κ2) is 12.6. The van der Waals surface area contributed by atoms with Crippen molar-refractivity contribution in [3.63, 3.8) is 0 Å². The number of aliphatic hydroxyl groups is 1. The fourth-order valence-corrected chi connectivity index (χ4v) is 5.35. The van der Waals surface area contributed by atoms with Crippen LogP contribution >= 0.6 is 11.8 Å². The van der Waals surface area contributed by atoms with Crippen molar-refractivity contribution in [2.75, 3.05) is 11.1 Å². The minimum Gasteiger partial charge on any atom is -0.392 e. The Morgan fingerprint density at radius 3 is 2.17 bits per heavy atom. The van der Waals surface area contributed by atoms with Crippen LogP contribution < -0.4 is 5.32 Å². The molecule has 4 aromatic rings. The zero-order valence-corrected chi connectivity index (χ0v) is 22.8. The zero-order chi connectivity index (χ0) is 30.0. The standard InChI is InChI=1S/C29H24F5N3O4S/c1-37-11-10-35-29(37)42-14-19-12-20(16-4-2-15(13-38)3-5-16)41-28(40-19)17-6-8-18(9-7-17)36-27(39)21-22(30)24(32)26(34)25(33)23(21)31/h2-11,19-20,28,38H,12-14H2,1H3,(H,36,39). The summed E-state index contributed by atoms with van der Waals surface area (Å²) >= 11 is 1.53. The van der Waals surface area contributed by atoms with E-state index < -0.39 is 46.8 Å². The number of carbonyl (C=O) groups excluding carboxylic acids is 1. The molecule has 1 fully saturated rings. The van der Waals surface area contributed by atoms with Gasteiger partial charge in [0.15, 0.2) is 34.7 Å². The van der Waals surface area contributed by atoms with E-state index in [4.69, 9.17) is 9.47 Å². The molecule has 1 amide bonds. The Kier molecular flexibility index (Phi) is 8.92. The molecule has 5 rings (SSSR count). The van der Waals surface area contributed by atoms with Crippen LogP contribution in [0.25, 0.3) is 0 Å². The second-order valence-corrected chi connectivity index (χ2v) is 10.5. The molecule has 0 spiro atoms. The van der Waals surface area contributed by atoms with Gasteiger partial charge in [0.1, 0.15) is 5.56 Å². The number of rotatable bonds is 8. The lowest BCUT2D eigenvalue weighted by molar-refractivity contribution is -0.245. The van der Waals surface area contributed by atoms with Gasteiger partial charge in [-0.15, -0.1) is 0 Å². The highest BCUT2D eigenvalue weighted by Gasteiger charge is 2.33. The number of anilines is 1. The third-order valence-corrected chi connectivity index (χ3v) is 7.86. The van der Waals surface area contributed by atoms with E-state index in [0.717, 1.165) is 16.3 Å². The van der Waals surface area contributed by atoms with Crippen LogP contribution in [0.2, 0.25) is 0 Å². The number of hydrogen-bond acceptors (Lipinski definition) is 6. The molecule has 42 heavy (non-hydrogen) atoms. The number of benzene rings is 3. The first kappa shape index (κ1) is 29.7. The number of imidazole rings is 1. The molecule has 3 atom stereocenters. The second-order valence-electron chi connectivity index (χ2n) is 9.50. The van der Waals surface area contributed by atoms with Crippen molar-refractivity contribution in [3.8, 4) is 0 Å². The van der Waals surface area contributed by atoms with Crippen molar-refractivity contribution in [1.82, 2.24) is 9.55 Å². The molecule has 2 N–H and O–H groups in total. The Balaban J connectivity index is 1.34. The summed E-state index contributed by atoms with van der Waals surface area (Å²) in [5, 5.41) is 12.4. The highest BCUT2D eigenvalue weighted by molar-refractivity contribution is 7.99. The zero-order valence-electron chi connectivity index (χ0n) is 22.0. The van der Waals surface area contributed by atoms with Gasteiger partial charge in [-0.1, -0.05) is 48.2 Å². The molecule has 1 saturated heterocycles. The van der Waals surface area contributed by atoms with Crippen LogP contribution in [-0.2, 0) is 23.1 Å². The lowest BCUT2D eigenvalue weighted by Crippen LogP contribution is -2.31. The van der Waals surface area contributed by atoms with Crippen molar-refractivity contribution in [2.24, 2.45) is 7.05 Å². The van der Waals surface area contributed by atoms with Crippen molar-refractivity contribution in [2.45, 2.75) is 36.7 Å². The molecule has 3 unspecified atom stereocenters. The molecule has 0 radical (unpaired) electrons. The van der Waals surface area contributed by atoms with Gasteiger partial charge in [0.25, 0.3) is 5.91 Å². The Bertz CT molecular complexity index is 1550. The van der Waals surface area contributed by atoms with Gasteiger partial charge in [0.05, 0.1) is 18.8 Å². The van der Waals surface area contributed by atoms with Crippen LogP contribution in [0.3, 0.4) is 0 Å². The highest BCUT2D eigenvalue weighted by Crippen LogP contribution is 2.39. The maximum atomic E-state index is 14.1. The van der Waals surface area contributed by atoms with E-state index in [-0.39, 0.29) is 24.5 Å². The Morgan fingerprint density at radius 2 is 1.57 bits per heavy atom. The van der Waals surface area contributed by atoms with Crippen molar-refractivity contribution in [1.29, 1.82) is 0 Å². The molecule has 0 saturated carbocycles. The lowest BCUT2D eigenvalue weighted by Gasteiger charge is -2.36. The summed E-state index contributed by atoms with van der Waals surface area (Å²) in [6.45, 7) is -0.0896. The molecular weight excluding hydrogens is 581 g/mol. The molecule has 2 heterocycles. The molecule has 1 aromatic heterocycles. The molecule has 0 bridgehead atoms. The minimum absolute atomic E-state index is 0.0431. The highest BCUT2D eigenvalue weighted by atomic mass is 32.2. The summed E-state index contributed by atoms with van der Waals surface area (Å²) in [6, 6.07) is 13.3. The summed E-state index contributed by atoms with van der Waals surface area (Å²) < 4.78 is 83.0. The number of nitrogens with zero attached hydrogens (tertiary/aromatic N) is 2. The van der Waals surface area contributed by atoms with Crippen LogP contribution in [-0.4, -0.2) is 32.4 Å². The first-order valence-electron chi connectivity index (χ1n) is 12.7. The number of hydrogen-bond donors (Lipinski definition) is 2.